The zero-order valence-corrected chi connectivity index (χ0v) is 265. The van der Waals surface area contributed by atoms with E-state index in [0.29, 0.717) is 25.2 Å². The summed E-state index contributed by atoms with van der Waals surface area (Å²) in [7, 11) is 0. The summed E-state index contributed by atoms with van der Waals surface area (Å²) in [6.45, 7) is 31.7. The van der Waals surface area contributed by atoms with Crippen LogP contribution in [-0.2, 0) is 1370 Å². The van der Waals surface area contributed by atoms with Crippen molar-refractivity contribution in [3.05, 3.63) is 107 Å². The molecule has 0 unspecified atom stereocenters. The van der Waals surface area contributed by atoms with Gasteiger partial charge in [0.1, 0.15) is 0 Å². The van der Waals surface area contributed by atoms with Gasteiger partial charge in [0.2, 0.25) is 0 Å². The molecule has 0 atom stereocenters. The van der Waals surface area contributed by atoms with E-state index < -0.39 is 6.03 Å². The predicted octanol–water partition coefficient (Wildman–Crippen LogP) is 2.64. The molecule has 816 valence electrons. The minimum absolute atomic E-state index is 0. The van der Waals surface area contributed by atoms with Crippen molar-refractivity contribution >= 4 is 127 Å². The third-order valence-corrected chi connectivity index (χ3v) is 18.6. The van der Waals surface area contributed by atoms with Crippen LogP contribution in [0.4, 0.5) is 4.79 Å². The van der Waals surface area contributed by atoms with E-state index >= 15 is 0 Å². The number of rotatable bonds is 17. The molecule has 146 heavy (non-hydrogen) atoms. The fourth-order valence-corrected chi connectivity index (χ4v) is 11.9. The standard InChI is InChI=1S/C11H13N2O.C9H10N3O.3C8H9N3O.2C5H4N3O.65W/c1-5-8(3)13-10(6-2)9(4)12-7-11(13)14;1-4-7(3)12-8(5-2)11-10-6-9(12)13;1-4-8(10-5-2)11(6-12)7(3)9;1-4-7(12)11(5-2)8(10)6(3)9;1-4-6(3)7(9)11(5-2)8(10)12;1-3-8(4(2)9)5(6)7;1-3-5(6)8(7)4(2)9;;;;;;;;;;;;;;;;;;;;;;;;;;;;;;;;;;;;;;;;;;;;;;;;;;;;;;;;;;;;;;;;;/h7H,1-4H3;6H,1-3H3;3*1-3H3;2*2H,1H3;;;;;;;;;;;;;;;;;;;;;;;;;;;;;;;;;;;;;;;;;;;;;;;;;;;;;;;;;;;;;;;;;/q2*-1;3*-2;2*-1;;;;;;;;;;;;;;;;;;;;;;;;;;;;;;;;;;;;;;;;;;;;;;;;;;;;;;;;;;;;;;;;;. The second kappa shape index (κ2) is 240. The Hall–Kier alpha value is 34.7. The van der Waals surface area contributed by atoms with Crippen molar-refractivity contribution in [3.8, 4) is 0 Å². The third-order valence-electron chi connectivity index (χ3n) is 9.84. The maximum atomic E-state index is 11.7. The SMILES string of the molecule is CC(=[N-])C(=[N-])N(C(=O)[C](C)=[W])[C](C)=[W].CC(=[N-])N([C-]=O)C(=N[C](C)=[W])[C](C)=[W].C[C-]=C(C)C(=[N-])N(C(=O)[N]=[W])[C](C)=[W].C[C-]=C(C)n1c([C](C)=[W])c(C)ncc1=O.C[C-]=C(C)n1c([C](C)=[W])nncc1=O.C[C](=[W])C(=[N-])N([N]=[W])C(=O)[CH]=[W].C[C](=[W])N(C(=[N-])[N]=[W])C(=O)[CH]=[W].[W].[W].[W].[W].[W].[W].[W].[W].[W].[W].[W].[W].[W].[W].[W].[W].[W].[W].[W].[W].[W].[W].[W].[W].[W].[W].[W].[W].[W].[W].[W].[W].[W].[W].[W].[W].[W].[W].[W].[W].[W].[W].[W].[W].[W].[W].[W].[W].[W].[W].[W]. The van der Waals surface area contributed by atoms with E-state index in [1.54, 1.807) is 73.3 Å². The number of urea groups is 1. The predicted molar refractivity (Wildman–Crippen MR) is 324 cm³/mol. The number of aliphatic imine (C=N–C) groups is 1. The Labute approximate surface area is 1750 Å². The molecule has 6 amide bonds. The molecule has 0 fully saturated rings. The van der Waals surface area contributed by atoms with Gasteiger partial charge in [0.15, 0.2) is 0 Å². The maximum absolute atomic E-state index is 11.7. The molecule has 92 heteroatoms. The van der Waals surface area contributed by atoms with Gasteiger partial charge < -0.3 is 0 Å². The van der Waals surface area contributed by atoms with E-state index in [0.717, 1.165) is 260 Å². The van der Waals surface area contributed by atoms with Crippen LogP contribution in [0.15, 0.2) is 43.1 Å². The molecule has 0 saturated carbocycles. The molecule has 0 saturated heterocycles. The zero-order valence-electron chi connectivity index (χ0n) is 74.6. The van der Waals surface area contributed by atoms with Crippen molar-refractivity contribution < 1.29 is 1370 Å². The first-order chi connectivity index (χ1) is 43.8. The van der Waals surface area contributed by atoms with Crippen molar-refractivity contribution in [2.45, 2.75) is 125 Å². The minimum atomic E-state index is -0.431. The Morgan fingerprint density at radius 2 is 0.685 bits per heavy atom. The molecule has 2 heterocycles. The molecule has 0 aliphatic heterocycles. The summed E-state index contributed by atoms with van der Waals surface area (Å²) in [4.78, 5) is 92.1. The fourth-order valence-electron chi connectivity index (χ4n) is 5.37. The summed E-state index contributed by atoms with van der Waals surface area (Å²) in [5, 5.41) is 64.8. The van der Waals surface area contributed by atoms with Crippen molar-refractivity contribution in [3.63, 3.8) is 0 Å². The van der Waals surface area contributed by atoms with Gasteiger partial charge in [-0.25, -0.2) is 0 Å². The first-order valence-electron chi connectivity index (χ1n) is 25.3. The molecular weight excluding hydrogens is 13000 g/mol. The number of hydrogen-bond acceptors (Lipinski definition) is 12. The van der Waals surface area contributed by atoms with Gasteiger partial charge in [-0.3, -0.25) is 0 Å². The molecular formula is C54H58N20O7W65-10. The first-order valence-corrected chi connectivity index (χ1v) is 45.8. The van der Waals surface area contributed by atoms with Gasteiger partial charge in [0.05, 0.1) is 0 Å². The van der Waals surface area contributed by atoms with Crippen LogP contribution in [-0.4, -0.2) is 164 Å². The number of amidine groups is 5. The van der Waals surface area contributed by atoms with Crippen LogP contribution in [0.1, 0.15) is 135 Å². The van der Waals surface area contributed by atoms with Crippen molar-refractivity contribution in [1.29, 1.82) is 0 Å². The molecule has 0 aliphatic rings. The Balaban J connectivity index is -0.0000000113. The zero-order chi connectivity index (χ0) is 75.8. The second-order valence-corrected chi connectivity index (χ2v) is 40.0. The first kappa shape index (κ1) is 375. The van der Waals surface area contributed by atoms with Gasteiger partial charge in [-0.1, -0.05) is 0 Å². The summed E-state index contributed by atoms with van der Waals surface area (Å²) in [6, 6.07) is -0.431. The van der Waals surface area contributed by atoms with E-state index in [2.05, 4.69) is 49.0 Å². The number of nitrogens with zero attached hydrogens (tertiary/aromatic N) is 20. The molecule has 0 aromatic carbocycles. The van der Waals surface area contributed by atoms with Crippen LogP contribution >= 0.6 is 0 Å². The molecule has 0 spiro atoms. The van der Waals surface area contributed by atoms with Gasteiger partial charge in [-0.2, -0.15) is 0 Å². The van der Waals surface area contributed by atoms with Crippen LogP contribution in [0.25, 0.3) is 43.8 Å². The summed E-state index contributed by atoms with van der Waals surface area (Å²) >= 11 is 15.2. The second-order valence-electron chi connectivity index (χ2n) is 17.0. The number of amides is 6. The van der Waals surface area contributed by atoms with E-state index in [4.69, 9.17) is 5.41 Å². The van der Waals surface area contributed by atoms with Crippen molar-refractivity contribution in [1.82, 2.24) is 48.9 Å². The summed E-state index contributed by atoms with van der Waals surface area (Å²) in [5.41, 5.74) is 3.40. The summed E-state index contributed by atoms with van der Waals surface area (Å²) in [6.07, 6.45) is 12.9. The number of carbonyl (C=O) groups excluding carboxylic acids is 5. The van der Waals surface area contributed by atoms with Gasteiger partial charge >= 0.3 is 718 Å². The van der Waals surface area contributed by atoms with Crippen LogP contribution < -0.4 is 11.1 Å². The van der Waals surface area contributed by atoms with E-state index in [9.17, 15) is 60.6 Å². The van der Waals surface area contributed by atoms with Gasteiger partial charge in [0, 0.05) is 1070 Å². The summed E-state index contributed by atoms with van der Waals surface area (Å²) in [5.74, 6) is -0.477. The maximum Gasteiger partial charge on any atom is 0 e. The smallest absolute Gasteiger partial charge is 0 e. The van der Waals surface area contributed by atoms with Gasteiger partial charge in [0.25, 0.3) is 0 Å². The van der Waals surface area contributed by atoms with E-state index in [1.165, 1.54) is 127 Å². The molecule has 2 aromatic heterocycles. The van der Waals surface area contributed by atoms with Crippen molar-refractivity contribution in [2.75, 3.05) is 0 Å². The van der Waals surface area contributed by atoms with Gasteiger partial charge in [-0.05, 0) is 0 Å². The molecule has 2 rings (SSSR count). The van der Waals surface area contributed by atoms with Gasteiger partial charge in [-0.15, -0.1) is 0 Å². The molecule has 0 radical (unpaired) electrons. The van der Waals surface area contributed by atoms with Crippen LogP contribution in [0.5, 0.6) is 0 Å². The largest absolute Gasteiger partial charge is 0 e. The third kappa shape index (κ3) is 183. The van der Waals surface area contributed by atoms with E-state index in [-0.39, 0.29) is 1140 Å². The number of aromatic nitrogens is 5. The Kier molecular flexibility index (Phi) is 616. The number of hydrogen-bond donors (Lipinski definition) is 0. The number of allylic oxidation sites excluding steroid dienone is 5. The number of aryl methyl sites for hydroxylation is 1. The van der Waals surface area contributed by atoms with Crippen LogP contribution in [0.2, 0.25) is 0 Å². The van der Waals surface area contributed by atoms with E-state index in [1.807, 2.05) is 48.5 Å². The quantitative estimate of drug-likeness (QED) is 0.0732. The topological polar surface area (TPSA) is 367 Å². The normalized spacial score (nSPS) is 6.59. The average Bonchev–Trinajstić information content (AvgIpc) is 0.808. The number of guanidine groups is 1. The molecule has 2 aromatic rings. The Morgan fingerprint density at radius 3 is 0.890 bits per heavy atom. The monoisotopic (exact) mass is 13100 g/mol. The fraction of sp³-hybridized carbons (Fsp3) is 0.333. The summed E-state index contributed by atoms with van der Waals surface area (Å²) < 4.78 is 24.7. The molecule has 0 N–H and O–H groups in total. The van der Waals surface area contributed by atoms with Crippen molar-refractivity contribution in [2.24, 2.45) is 15.6 Å². The Morgan fingerprint density at radius 1 is 0.384 bits per heavy atom. The molecule has 0 aliphatic carbocycles. The molecule has 27 nitrogen and oxygen atoms in total. The minimum Gasteiger partial charge on any atom is 0 e. The van der Waals surface area contributed by atoms with Crippen LogP contribution in [0, 0.1) is 25.2 Å². The van der Waals surface area contributed by atoms with Crippen LogP contribution in [0.3, 0.4) is 0 Å². The Bertz CT molecular complexity index is 3820. The molecule has 0 bridgehead atoms. The average molecular weight is 13000 g/mol. The number of carbonyl (C=O) groups is 4.